The van der Waals surface area contributed by atoms with Gasteiger partial charge in [0, 0.05) is 0 Å². The number of amides is 3. The lowest BCUT2D eigenvalue weighted by molar-refractivity contribution is -0.138. The summed E-state index contributed by atoms with van der Waals surface area (Å²) < 4.78 is 0. The van der Waals surface area contributed by atoms with Crippen LogP contribution in [-0.4, -0.2) is 46.1 Å². The molecule has 0 aliphatic carbocycles. The standard InChI is InChI=1S/C14H12N2O5S/c17-11(15-7-12(18)19)8-16-13(20)10(22-14(16)21)6-9-4-2-1-3-5-9/h1-6H,7-8H2,(H,15,17)(H,18,19). The maximum absolute atomic E-state index is 12.1. The average Bonchev–Trinajstić information content (AvgIpc) is 2.74. The van der Waals surface area contributed by atoms with Crippen LogP contribution in [0.5, 0.6) is 0 Å². The number of imide groups is 1. The van der Waals surface area contributed by atoms with Crippen molar-refractivity contribution in [2.24, 2.45) is 0 Å². The molecule has 1 heterocycles. The molecule has 1 fully saturated rings. The molecule has 8 heteroatoms. The summed E-state index contributed by atoms with van der Waals surface area (Å²) in [5, 5.41) is 10.0. The van der Waals surface area contributed by atoms with Crippen LogP contribution in [0.1, 0.15) is 5.56 Å². The predicted octanol–water partition coefficient (Wildman–Crippen LogP) is 0.924. The molecule has 114 valence electrons. The van der Waals surface area contributed by atoms with Crippen LogP contribution in [0.4, 0.5) is 4.79 Å². The number of carbonyl (C=O) groups excluding carboxylic acids is 3. The van der Waals surface area contributed by atoms with Gasteiger partial charge in [0.2, 0.25) is 5.91 Å². The van der Waals surface area contributed by atoms with Crippen LogP contribution < -0.4 is 5.32 Å². The van der Waals surface area contributed by atoms with Gasteiger partial charge in [-0.1, -0.05) is 30.3 Å². The third-order valence-electron chi connectivity index (χ3n) is 2.71. The molecule has 2 rings (SSSR count). The van der Waals surface area contributed by atoms with Crippen LogP contribution >= 0.6 is 11.8 Å². The van der Waals surface area contributed by atoms with Crippen LogP contribution in [0.3, 0.4) is 0 Å². The number of thioether (sulfide) groups is 1. The lowest BCUT2D eigenvalue weighted by Crippen LogP contribution is -2.41. The van der Waals surface area contributed by atoms with E-state index in [-0.39, 0.29) is 4.91 Å². The number of carboxylic acids is 1. The largest absolute Gasteiger partial charge is 0.480 e. The Kier molecular flexibility index (Phi) is 4.95. The molecule has 0 atom stereocenters. The van der Waals surface area contributed by atoms with E-state index < -0.39 is 36.1 Å². The molecule has 1 aromatic rings. The molecule has 0 spiro atoms. The van der Waals surface area contributed by atoms with Gasteiger partial charge in [-0.05, 0) is 23.4 Å². The summed E-state index contributed by atoms with van der Waals surface area (Å²) in [4.78, 5) is 46.8. The Bertz CT molecular complexity index is 656. The van der Waals surface area contributed by atoms with Gasteiger partial charge in [-0.15, -0.1) is 0 Å². The van der Waals surface area contributed by atoms with Gasteiger partial charge in [0.1, 0.15) is 13.1 Å². The summed E-state index contributed by atoms with van der Waals surface area (Å²) in [6.45, 7) is -1.06. The van der Waals surface area contributed by atoms with E-state index in [0.717, 1.165) is 22.2 Å². The lowest BCUT2D eigenvalue weighted by atomic mass is 10.2. The van der Waals surface area contributed by atoms with E-state index in [4.69, 9.17) is 5.11 Å². The van der Waals surface area contributed by atoms with Crippen molar-refractivity contribution in [2.45, 2.75) is 0 Å². The molecule has 0 aromatic heterocycles. The predicted molar refractivity (Wildman–Crippen MR) is 79.8 cm³/mol. The van der Waals surface area contributed by atoms with Crippen molar-refractivity contribution in [2.75, 3.05) is 13.1 Å². The highest BCUT2D eigenvalue weighted by molar-refractivity contribution is 8.18. The topological polar surface area (TPSA) is 104 Å². The zero-order chi connectivity index (χ0) is 16.1. The fourth-order valence-electron chi connectivity index (χ4n) is 1.71. The van der Waals surface area contributed by atoms with Crippen LogP contribution in [0.2, 0.25) is 0 Å². The minimum absolute atomic E-state index is 0.224. The first-order valence-corrected chi connectivity index (χ1v) is 7.08. The number of nitrogens with zero attached hydrogens (tertiary/aromatic N) is 1. The van der Waals surface area contributed by atoms with E-state index in [1.807, 2.05) is 6.07 Å². The van der Waals surface area contributed by atoms with Crippen molar-refractivity contribution in [1.29, 1.82) is 0 Å². The Hall–Kier alpha value is -2.61. The number of benzene rings is 1. The molecular weight excluding hydrogens is 308 g/mol. The highest BCUT2D eigenvalue weighted by Gasteiger charge is 2.36. The number of rotatable bonds is 5. The molecule has 0 saturated carbocycles. The summed E-state index contributed by atoms with van der Waals surface area (Å²) >= 11 is 0.745. The monoisotopic (exact) mass is 320 g/mol. The van der Waals surface area contributed by atoms with Crippen molar-refractivity contribution in [3.05, 3.63) is 40.8 Å². The summed E-state index contributed by atoms with van der Waals surface area (Å²) in [6.07, 6.45) is 1.57. The molecule has 0 radical (unpaired) electrons. The number of carbonyl (C=O) groups is 4. The molecule has 1 aromatic carbocycles. The van der Waals surface area contributed by atoms with Gasteiger partial charge in [0.05, 0.1) is 4.91 Å². The summed E-state index contributed by atoms with van der Waals surface area (Å²) in [7, 11) is 0. The molecule has 1 saturated heterocycles. The fraction of sp³-hybridized carbons (Fsp3) is 0.143. The van der Waals surface area contributed by atoms with E-state index in [2.05, 4.69) is 5.32 Å². The molecule has 3 amide bonds. The van der Waals surface area contributed by atoms with E-state index >= 15 is 0 Å². The minimum Gasteiger partial charge on any atom is -0.480 e. The zero-order valence-corrected chi connectivity index (χ0v) is 12.1. The second-order valence-corrected chi connectivity index (χ2v) is 5.34. The van der Waals surface area contributed by atoms with Crippen molar-refractivity contribution in [1.82, 2.24) is 10.2 Å². The number of hydrogen-bond acceptors (Lipinski definition) is 5. The van der Waals surface area contributed by atoms with E-state index in [0.29, 0.717) is 0 Å². The van der Waals surface area contributed by atoms with Crippen molar-refractivity contribution in [3.63, 3.8) is 0 Å². The molecule has 1 aliphatic rings. The smallest absolute Gasteiger partial charge is 0.322 e. The van der Waals surface area contributed by atoms with Crippen molar-refractivity contribution < 1.29 is 24.3 Å². The van der Waals surface area contributed by atoms with Gasteiger partial charge >= 0.3 is 5.97 Å². The highest BCUT2D eigenvalue weighted by atomic mass is 32.2. The normalized spacial score (nSPS) is 16.2. The molecular formula is C14H12N2O5S. The number of nitrogens with one attached hydrogen (secondary N) is 1. The number of carboxylic acid groups (broad SMARTS) is 1. The maximum Gasteiger partial charge on any atom is 0.322 e. The highest BCUT2D eigenvalue weighted by Crippen LogP contribution is 2.31. The van der Waals surface area contributed by atoms with Gasteiger partial charge < -0.3 is 10.4 Å². The SMILES string of the molecule is O=C(O)CNC(=O)CN1C(=O)SC(=Cc2ccccc2)C1=O. The quantitative estimate of drug-likeness (QED) is 0.782. The maximum atomic E-state index is 12.1. The van der Waals surface area contributed by atoms with E-state index in [1.165, 1.54) is 0 Å². The van der Waals surface area contributed by atoms with Gasteiger partial charge in [-0.25, -0.2) is 0 Å². The zero-order valence-electron chi connectivity index (χ0n) is 11.3. The summed E-state index contributed by atoms with van der Waals surface area (Å²) in [5.74, 6) is -2.47. The first-order valence-electron chi connectivity index (χ1n) is 6.26. The Balaban J connectivity index is 2.04. The second kappa shape index (κ2) is 6.90. The second-order valence-electron chi connectivity index (χ2n) is 4.35. The third kappa shape index (κ3) is 3.95. The van der Waals surface area contributed by atoms with E-state index in [9.17, 15) is 19.2 Å². The van der Waals surface area contributed by atoms with Gasteiger partial charge in [0.25, 0.3) is 11.1 Å². The molecule has 2 N–H and O–H groups in total. The fourth-order valence-corrected chi connectivity index (χ4v) is 2.55. The Labute approximate surface area is 130 Å². The number of hydrogen-bond donors (Lipinski definition) is 2. The lowest BCUT2D eigenvalue weighted by Gasteiger charge is -2.11. The Morgan fingerprint density at radius 3 is 2.55 bits per heavy atom. The van der Waals surface area contributed by atoms with Crippen LogP contribution in [0.25, 0.3) is 6.08 Å². The Morgan fingerprint density at radius 2 is 1.91 bits per heavy atom. The van der Waals surface area contributed by atoms with Crippen molar-refractivity contribution in [3.8, 4) is 0 Å². The van der Waals surface area contributed by atoms with Crippen LogP contribution in [0, 0.1) is 0 Å². The first-order chi connectivity index (χ1) is 10.5. The number of aliphatic carboxylic acids is 1. The van der Waals surface area contributed by atoms with Crippen LogP contribution in [0.15, 0.2) is 35.2 Å². The summed E-state index contributed by atoms with van der Waals surface area (Å²) in [6, 6.07) is 9.00. The Morgan fingerprint density at radius 1 is 1.23 bits per heavy atom. The molecule has 22 heavy (non-hydrogen) atoms. The van der Waals surface area contributed by atoms with Gasteiger partial charge in [-0.3, -0.25) is 24.1 Å². The van der Waals surface area contributed by atoms with Crippen molar-refractivity contribution >= 4 is 40.9 Å². The minimum atomic E-state index is -1.20. The molecule has 0 unspecified atom stereocenters. The van der Waals surface area contributed by atoms with Gasteiger partial charge in [-0.2, -0.15) is 0 Å². The van der Waals surface area contributed by atoms with E-state index in [1.54, 1.807) is 30.3 Å². The first kappa shape index (κ1) is 15.8. The third-order valence-corrected chi connectivity index (χ3v) is 3.62. The van der Waals surface area contributed by atoms with Gasteiger partial charge in [0.15, 0.2) is 0 Å². The molecule has 0 bridgehead atoms. The summed E-state index contributed by atoms with van der Waals surface area (Å²) in [5.41, 5.74) is 0.767. The molecule has 1 aliphatic heterocycles. The molecule has 7 nitrogen and oxygen atoms in total. The van der Waals surface area contributed by atoms with Crippen LogP contribution in [-0.2, 0) is 14.4 Å². The average molecular weight is 320 g/mol.